The van der Waals surface area contributed by atoms with E-state index < -0.39 is 0 Å². The average Bonchev–Trinajstić information content (AvgIpc) is 2.59. The number of rotatable bonds is 3. The molecule has 1 heterocycles. The number of phenols is 1. The molecule has 0 saturated heterocycles. The van der Waals surface area contributed by atoms with Gasteiger partial charge in [-0.05, 0) is 36.8 Å². The number of nitrogens with one attached hydrogen (secondary N) is 1. The van der Waals surface area contributed by atoms with E-state index in [1.54, 1.807) is 12.1 Å². The van der Waals surface area contributed by atoms with Crippen LogP contribution in [0.1, 0.15) is 18.3 Å². The standard InChI is InChI=1S/C11H13N3OS/c1-2-14-10(12-13-11(14)16)7-8-4-3-5-9(15)6-8/h3-6,15H,2,7H2,1H3,(H,13,16). The van der Waals surface area contributed by atoms with E-state index in [4.69, 9.17) is 12.2 Å². The molecule has 2 rings (SSSR count). The van der Waals surface area contributed by atoms with E-state index in [-0.39, 0.29) is 5.75 Å². The smallest absolute Gasteiger partial charge is 0.195 e. The van der Waals surface area contributed by atoms with E-state index in [1.807, 2.05) is 23.6 Å². The molecule has 0 fully saturated rings. The van der Waals surface area contributed by atoms with Crippen molar-refractivity contribution in [2.75, 3.05) is 0 Å². The molecule has 84 valence electrons. The molecule has 4 nitrogen and oxygen atoms in total. The van der Waals surface area contributed by atoms with Gasteiger partial charge < -0.3 is 9.67 Å². The van der Waals surface area contributed by atoms with Gasteiger partial charge in [0.1, 0.15) is 11.6 Å². The lowest BCUT2D eigenvalue weighted by Crippen LogP contribution is -2.02. The van der Waals surface area contributed by atoms with Crippen LogP contribution in [-0.4, -0.2) is 19.9 Å². The number of hydrogen-bond donors (Lipinski definition) is 2. The molecular formula is C11H13N3OS. The summed E-state index contributed by atoms with van der Waals surface area (Å²) in [6.07, 6.45) is 0.662. The molecule has 0 aliphatic rings. The Morgan fingerprint density at radius 3 is 3.00 bits per heavy atom. The first-order valence-corrected chi connectivity index (χ1v) is 5.53. The second kappa shape index (κ2) is 4.49. The number of aromatic hydroxyl groups is 1. The van der Waals surface area contributed by atoms with Gasteiger partial charge in [0.15, 0.2) is 4.77 Å². The Hall–Kier alpha value is -1.62. The second-order valence-corrected chi connectivity index (χ2v) is 3.92. The summed E-state index contributed by atoms with van der Waals surface area (Å²) in [4.78, 5) is 0. The van der Waals surface area contributed by atoms with E-state index in [2.05, 4.69) is 10.2 Å². The summed E-state index contributed by atoms with van der Waals surface area (Å²) in [5.41, 5.74) is 1.02. The van der Waals surface area contributed by atoms with E-state index in [0.29, 0.717) is 11.2 Å². The predicted molar refractivity (Wildman–Crippen MR) is 64.0 cm³/mol. The number of phenolic OH excluding ortho intramolecular Hbond substituents is 1. The molecule has 0 aliphatic carbocycles. The molecule has 0 radical (unpaired) electrons. The molecular weight excluding hydrogens is 222 g/mol. The van der Waals surface area contributed by atoms with Crippen LogP contribution in [0.25, 0.3) is 0 Å². The van der Waals surface area contributed by atoms with Crippen molar-refractivity contribution in [2.45, 2.75) is 19.9 Å². The molecule has 2 aromatic rings. The van der Waals surface area contributed by atoms with Crippen LogP contribution in [0.3, 0.4) is 0 Å². The summed E-state index contributed by atoms with van der Waals surface area (Å²) < 4.78 is 2.58. The Balaban J connectivity index is 2.30. The first kappa shape index (κ1) is 10.9. The highest BCUT2D eigenvalue weighted by atomic mass is 32.1. The van der Waals surface area contributed by atoms with Crippen molar-refractivity contribution in [1.82, 2.24) is 14.8 Å². The van der Waals surface area contributed by atoms with Crippen LogP contribution in [0.2, 0.25) is 0 Å². The van der Waals surface area contributed by atoms with Gasteiger partial charge in [-0.3, -0.25) is 5.10 Å². The molecule has 1 aromatic heterocycles. The Bertz CT molecular complexity index is 544. The maximum atomic E-state index is 9.37. The molecule has 5 heteroatoms. The molecule has 0 amide bonds. The number of aromatic nitrogens is 3. The molecule has 0 aliphatic heterocycles. The van der Waals surface area contributed by atoms with Gasteiger partial charge in [0.2, 0.25) is 0 Å². The Morgan fingerprint density at radius 1 is 1.50 bits per heavy atom. The van der Waals surface area contributed by atoms with Crippen LogP contribution in [-0.2, 0) is 13.0 Å². The number of H-pyrrole nitrogens is 1. The van der Waals surface area contributed by atoms with Gasteiger partial charge >= 0.3 is 0 Å². The van der Waals surface area contributed by atoms with E-state index in [0.717, 1.165) is 17.9 Å². The number of nitrogens with zero attached hydrogens (tertiary/aromatic N) is 2. The zero-order chi connectivity index (χ0) is 11.5. The highest BCUT2D eigenvalue weighted by Gasteiger charge is 2.05. The van der Waals surface area contributed by atoms with E-state index in [9.17, 15) is 5.11 Å². The topological polar surface area (TPSA) is 53.8 Å². The van der Waals surface area contributed by atoms with E-state index in [1.165, 1.54) is 0 Å². The molecule has 16 heavy (non-hydrogen) atoms. The average molecular weight is 235 g/mol. The van der Waals surface area contributed by atoms with Crippen molar-refractivity contribution in [3.63, 3.8) is 0 Å². The number of aromatic amines is 1. The van der Waals surface area contributed by atoms with Crippen LogP contribution in [0.4, 0.5) is 0 Å². The van der Waals surface area contributed by atoms with Gasteiger partial charge in [-0.1, -0.05) is 12.1 Å². The van der Waals surface area contributed by atoms with Crippen molar-refractivity contribution in [2.24, 2.45) is 0 Å². The first-order chi connectivity index (χ1) is 7.70. The van der Waals surface area contributed by atoms with Gasteiger partial charge in [0.05, 0.1) is 0 Å². The van der Waals surface area contributed by atoms with Gasteiger partial charge in [-0.15, -0.1) is 0 Å². The van der Waals surface area contributed by atoms with Crippen LogP contribution in [0, 0.1) is 4.77 Å². The monoisotopic (exact) mass is 235 g/mol. The summed E-state index contributed by atoms with van der Waals surface area (Å²) in [6, 6.07) is 7.16. The summed E-state index contributed by atoms with van der Waals surface area (Å²) in [5.74, 6) is 1.16. The zero-order valence-electron chi connectivity index (χ0n) is 8.97. The summed E-state index contributed by atoms with van der Waals surface area (Å²) in [5, 5.41) is 16.3. The van der Waals surface area contributed by atoms with Gasteiger partial charge in [0.25, 0.3) is 0 Å². The zero-order valence-corrected chi connectivity index (χ0v) is 9.79. The van der Waals surface area contributed by atoms with Crippen LogP contribution < -0.4 is 0 Å². The highest BCUT2D eigenvalue weighted by molar-refractivity contribution is 7.71. The first-order valence-electron chi connectivity index (χ1n) is 5.12. The van der Waals surface area contributed by atoms with Gasteiger partial charge in [-0.25, -0.2) is 0 Å². The maximum Gasteiger partial charge on any atom is 0.195 e. The van der Waals surface area contributed by atoms with Crippen LogP contribution in [0.15, 0.2) is 24.3 Å². The van der Waals surface area contributed by atoms with Crippen molar-refractivity contribution >= 4 is 12.2 Å². The summed E-state index contributed by atoms with van der Waals surface area (Å²) in [6.45, 7) is 2.82. The third kappa shape index (κ3) is 2.14. The minimum atomic E-state index is 0.273. The molecule has 0 saturated carbocycles. The second-order valence-electron chi connectivity index (χ2n) is 3.54. The highest BCUT2D eigenvalue weighted by Crippen LogP contribution is 2.14. The van der Waals surface area contributed by atoms with Gasteiger partial charge in [-0.2, -0.15) is 5.10 Å². The largest absolute Gasteiger partial charge is 0.508 e. The minimum absolute atomic E-state index is 0.273. The third-order valence-corrected chi connectivity index (χ3v) is 2.74. The Kier molecular flexibility index (Phi) is 3.05. The molecule has 2 N–H and O–H groups in total. The van der Waals surface area contributed by atoms with Crippen molar-refractivity contribution < 1.29 is 5.11 Å². The lowest BCUT2D eigenvalue weighted by atomic mass is 10.1. The van der Waals surface area contributed by atoms with Crippen molar-refractivity contribution in [3.05, 3.63) is 40.4 Å². The fourth-order valence-corrected chi connectivity index (χ4v) is 1.94. The summed E-state index contributed by atoms with van der Waals surface area (Å²) in [7, 11) is 0. The predicted octanol–water partition coefficient (Wildman–Crippen LogP) is 2.26. The minimum Gasteiger partial charge on any atom is -0.508 e. The quantitative estimate of drug-likeness (QED) is 0.802. The lowest BCUT2D eigenvalue weighted by molar-refractivity contribution is 0.474. The molecule has 0 atom stereocenters. The molecule has 0 spiro atoms. The molecule has 0 unspecified atom stereocenters. The lowest BCUT2D eigenvalue weighted by Gasteiger charge is -2.03. The number of benzene rings is 1. The fourth-order valence-electron chi connectivity index (χ4n) is 1.66. The summed E-state index contributed by atoms with van der Waals surface area (Å²) >= 11 is 5.11. The van der Waals surface area contributed by atoms with E-state index >= 15 is 0 Å². The normalized spacial score (nSPS) is 10.6. The SMILES string of the molecule is CCn1c(Cc2cccc(O)c2)n[nH]c1=S. The molecule has 1 aromatic carbocycles. The van der Waals surface area contributed by atoms with Crippen molar-refractivity contribution in [1.29, 1.82) is 0 Å². The Morgan fingerprint density at radius 2 is 2.31 bits per heavy atom. The van der Waals surface area contributed by atoms with Gasteiger partial charge in [0, 0.05) is 13.0 Å². The van der Waals surface area contributed by atoms with Crippen LogP contribution >= 0.6 is 12.2 Å². The van der Waals surface area contributed by atoms with Crippen LogP contribution in [0.5, 0.6) is 5.75 Å². The van der Waals surface area contributed by atoms with Crippen molar-refractivity contribution in [3.8, 4) is 5.75 Å². The Labute approximate surface area is 98.6 Å². The third-order valence-electron chi connectivity index (χ3n) is 2.43. The number of hydrogen-bond acceptors (Lipinski definition) is 3. The molecule has 0 bridgehead atoms. The maximum absolute atomic E-state index is 9.37. The fraction of sp³-hybridized carbons (Fsp3) is 0.273.